The Morgan fingerprint density at radius 3 is 2.68 bits per heavy atom. The molecule has 0 unspecified atom stereocenters. The Morgan fingerprint density at radius 2 is 2.18 bits per heavy atom. The molecule has 1 aliphatic heterocycles. The number of nitro benzene ring substituents is 1. The largest absolute Gasteiger partial charge is 0.465 e. The summed E-state index contributed by atoms with van der Waals surface area (Å²) in [4.78, 5) is 22.0. The van der Waals surface area contributed by atoms with E-state index in [1.165, 1.54) is 11.0 Å². The minimum absolute atomic E-state index is 0.120. The molecule has 0 spiro atoms. The maximum atomic E-state index is 11.2. The number of hydrogen-bond donors (Lipinski definition) is 3. The highest BCUT2D eigenvalue weighted by Crippen LogP contribution is 2.29. The van der Waals surface area contributed by atoms with Crippen molar-refractivity contribution in [3.63, 3.8) is 0 Å². The Bertz CT molecular complexity index is 719. The van der Waals surface area contributed by atoms with Crippen molar-refractivity contribution in [1.82, 2.24) is 4.90 Å². The fourth-order valence-corrected chi connectivity index (χ4v) is 2.77. The van der Waals surface area contributed by atoms with Gasteiger partial charge in [-0.1, -0.05) is 0 Å². The summed E-state index contributed by atoms with van der Waals surface area (Å²) in [5.74, 6) is 0. The zero-order valence-corrected chi connectivity index (χ0v) is 12.1. The zero-order chi connectivity index (χ0) is 16.5. The highest BCUT2D eigenvalue weighted by atomic mass is 32.2. The van der Waals surface area contributed by atoms with Crippen LogP contribution < -0.4 is 10.5 Å². The minimum Gasteiger partial charge on any atom is -0.465 e. The van der Waals surface area contributed by atoms with E-state index in [9.17, 15) is 23.3 Å². The van der Waals surface area contributed by atoms with Crippen LogP contribution in [0.3, 0.4) is 0 Å². The molecule has 0 aromatic heterocycles. The number of primary sulfonamides is 1. The third-order valence-corrected chi connectivity index (χ3v) is 4.22. The summed E-state index contributed by atoms with van der Waals surface area (Å²) in [5, 5.41) is 27.8. The lowest BCUT2D eigenvalue weighted by atomic mass is 10.2. The van der Waals surface area contributed by atoms with Gasteiger partial charge in [-0.25, -0.2) is 18.4 Å². The number of nitrogens with one attached hydrogen (secondary N) is 1. The van der Waals surface area contributed by atoms with Crippen LogP contribution in [0.4, 0.5) is 16.2 Å². The predicted molar refractivity (Wildman–Crippen MR) is 76.1 cm³/mol. The lowest BCUT2D eigenvalue weighted by Gasteiger charge is -2.15. The first-order valence-electron chi connectivity index (χ1n) is 6.24. The monoisotopic (exact) mass is 330 g/mol. The van der Waals surface area contributed by atoms with Crippen LogP contribution in [-0.4, -0.2) is 48.6 Å². The van der Waals surface area contributed by atoms with Crippen LogP contribution in [0.5, 0.6) is 0 Å². The second kappa shape index (κ2) is 5.77. The van der Waals surface area contributed by atoms with Crippen molar-refractivity contribution >= 4 is 27.5 Å². The van der Waals surface area contributed by atoms with Gasteiger partial charge in [-0.3, -0.25) is 10.1 Å². The standard InChI is InChI=1S/C11H14N4O6S/c12-22(20,21)8-1-2-9(10(5-8)15(18)19)13-7-3-4-14(6-7)11(16)17/h1-2,5,7,13H,3-4,6H2,(H,16,17)(H2,12,20,21)/t7-/m0/s1. The van der Waals surface area contributed by atoms with E-state index < -0.39 is 26.7 Å². The van der Waals surface area contributed by atoms with E-state index in [1.54, 1.807) is 0 Å². The molecule has 22 heavy (non-hydrogen) atoms. The van der Waals surface area contributed by atoms with Gasteiger partial charge in [0.1, 0.15) is 5.69 Å². The van der Waals surface area contributed by atoms with Crippen molar-refractivity contribution in [3.05, 3.63) is 28.3 Å². The van der Waals surface area contributed by atoms with E-state index in [1.807, 2.05) is 0 Å². The Balaban J connectivity index is 2.25. The molecule has 1 aromatic rings. The topological polar surface area (TPSA) is 156 Å². The number of nitrogens with two attached hydrogens (primary N) is 1. The third-order valence-electron chi connectivity index (χ3n) is 3.31. The van der Waals surface area contributed by atoms with Gasteiger partial charge < -0.3 is 15.3 Å². The molecule has 1 aliphatic rings. The molecular formula is C11H14N4O6S. The molecule has 11 heteroatoms. The first-order valence-corrected chi connectivity index (χ1v) is 7.79. The molecule has 0 bridgehead atoms. The number of sulfonamides is 1. The number of nitrogens with zero attached hydrogens (tertiary/aromatic N) is 2. The van der Waals surface area contributed by atoms with Gasteiger partial charge >= 0.3 is 6.09 Å². The molecule has 1 aromatic carbocycles. The lowest BCUT2D eigenvalue weighted by Crippen LogP contribution is -2.30. The molecule has 10 nitrogen and oxygen atoms in total. The first kappa shape index (κ1) is 16.0. The quantitative estimate of drug-likeness (QED) is 0.533. The summed E-state index contributed by atoms with van der Waals surface area (Å²) in [6.45, 7) is 0.527. The third kappa shape index (κ3) is 3.43. The summed E-state index contributed by atoms with van der Waals surface area (Å²) in [7, 11) is -4.04. The van der Waals surface area contributed by atoms with Crippen molar-refractivity contribution in [2.75, 3.05) is 18.4 Å². The number of benzene rings is 1. The van der Waals surface area contributed by atoms with E-state index in [0.717, 1.165) is 12.1 Å². The van der Waals surface area contributed by atoms with Crippen LogP contribution in [0.25, 0.3) is 0 Å². The molecule has 120 valence electrons. The summed E-state index contributed by atoms with van der Waals surface area (Å²) in [6, 6.07) is 3.01. The number of carboxylic acid groups (broad SMARTS) is 1. The second-order valence-corrected chi connectivity index (χ2v) is 6.40. The maximum Gasteiger partial charge on any atom is 0.407 e. The Hall–Kier alpha value is -2.40. The lowest BCUT2D eigenvalue weighted by molar-refractivity contribution is -0.384. The molecule has 2 rings (SSSR count). The number of hydrogen-bond acceptors (Lipinski definition) is 6. The fraction of sp³-hybridized carbons (Fsp3) is 0.364. The van der Waals surface area contributed by atoms with Gasteiger partial charge in [-0.05, 0) is 18.6 Å². The zero-order valence-electron chi connectivity index (χ0n) is 11.3. The van der Waals surface area contributed by atoms with Gasteiger partial charge in [0.2, 0.25) is 10.0 Å². The second-order valence-electron chi connectivity index (χ2n) is 4.84. The van der Waals surface area contributed by atoms with Crippen LogP contribution in [-0.2, 0) is 10.0 Å². The molecule has 1 fully saturated rings. The van der Waals surface area contributed by atoms with Gasteiger partial charge in [-0.2, -0.15) is 0 Å². The Morgan fingerprint density at radius 1 is 1.50 bits per heavy atom. The van der Waals surface area contributed by atoms with E-state index in [2.05, 4.69) is 5.32 Å². The highest BCUT2D eigenvalue weighted by molar-refractivity contribution is 7.89. The predicted octanol–water partition coefficient (Wildman–Crippen LogP) is 0.406. The number of rotatable bonds is 4. The van der Waals surface area contributed by atoms with E-state index in [-0.39, 0.29) is 23.2 Å². The van der Waals surface area contributed by atoms with Crippen molar-refractivity contribution in [1.29, 1.82) is 0 Å². The van der Waals surface area contributed by atoms with Crippen LogP contribution in [0.1, 0.15) is 6.42 Å². The number of amides is 1. The highest BCUT2D eigenvalue weighted by Gasteiger charge is 2.28. The Labute approximate surface area is 125 Å². The maximum absolute atomic E-state index is 11.2. The van der Waals surface area contributed by atoms with Gasteiger partial charge in [0.25, 0.3) is 5.69 Å². The number of carbonyl (C=O) groups is 1. The van der Waals surface area contributed by atoms with Crippen molar-refractivity contribution in [2.45, 2.75) is 17.4 Å². The van der Waals surface area contributed by atoms with Crippen LogP contribution >= 0.6 is 0 Å². The fourth-order valence-electron chi connectivity index (χ4n) is 2.23. The van der Waals surface area contributed by atoms with Gasteiger partial charge in [0, 0.05) is 25.2 Å². The molecule has 1 saturated heterocycles. The van der Waals surface area contributed by atoms with Gasteiger partial charge in [0.15, 0.2) is 0 Å². The minimum atomic E-state index is -4.04. The summed E-state index contributed by atoms with van der Waals surface area (Å²) in [6.07, 6.45) is -0.552. The normalized spacial score (nSPS) is 18.2. The summed E-state index contributed by atoms with van der Waals surface area (Å²) >= 11 is 0. The molecule has 1 heterocycles. The number of likely N-dealkylation sites (tertiary alicyclic amines) is 1. The van der Waals surface area contributed by atoms with E-state index in [4.69, 9.17) is 10.2 Å². The van der Waals surface area contributed by atoms with Crippen molar-refractivity contribution in [3.8, 4) is 0 Å². The van der Waals surface area contributed by atoms with Crippen LogP contribution in [0.2, 0.25) is 0 Å². The molecular weight excluding hydrogens is 316 g/mol. The molecule has 0 radical (unpaired) electrons. The molecule has 0 saturated carbocycles. The average Bonchev–Trinajstić information content (AvgIpc) is 2.86. The Kier molecular flexibility index (Phi) is 4.19. The van der Waals surface area contributed by atoms with Crippen LogP contribution in [0.15, 0.2) is 23.1 Å². The van der Waals surface area contributed by atoms with Gasteiger partial charge in [0.05, 0.1) is 9.82 Å². The smallest absolute Gasteiger partial charge is 0.407 e. The average molecular weight is 330 g/mol. The molecule has 1 atom stereocenters. The SMILES string of the molecule is NS(=O)(=O)c1ccc(N[C@H]2CCN(C(=O)O)C2)c([N+](=O)[O-])c1. The summed E-state index contributed by atoms with van der Waals surface area (Å²) in [5.41, 5.74) is -0.310. The van der Waals surface area contributed by atoms with Crippen molar-refractivity contribution in [2.24, 2.45) is 5.14 Å². The van der Waals surface area contributed by atoms with E-state index >= 15 is 0 Å². The molecule has 0 aliphatic carbocycles. The number of anilines is 1. The van der Waals surface area contributed by atoms with Gasteiger partial charge in [-0.15, -0.1) is 0 Å². The van der Waals surface area contributed by atoms with Crippen molar-refractivity contribution < 1.29 is 23.2 Å². The molecule has 1 amide bonds. The molecule has 4 N–H and O–H groups in total. The van der Waals surface area contributed by atoms with E-state index in [0.29, 0.717) is 13.0 Å². The summed E-state index contributed by atoms with van der Waals surface area (Å²) < 4.78 is 22.5. The number of nitro groups is 1. The first-order chi connectivity index (χ1) is 10.2. The van der Waals surface area contributed by atoms with Crippen LogP contribution in [0, 0.1) is 10.1 Å².